The number of benzene rings is 1. The van der Waals surface area contributed by atoms with Gasteiger partial charge in [-0.2, -0.15) is 11.8 Å². The summed E-state index contributed by atoms with van der Waals surface area (Å²) >= 11 is 14.2. The Kier molecular flexibility index (Phi) is 6.73. The summed E-state index contributed by atoms with van der Waals surface area (Å²) in [6, 6.07) is 5.41. The van der Waals surface area contributed by atoms with Gasteiger partial charge in [-0.05, 0) is 56.3 Å². The highest BCUT2D eigenvalue weighted by Gasteiger charge is 2.29. The van der Waals surface area contributed by atoms with Crippen LogP contribution in [0.3, 0.4) is 0 Å². The summed E-state index contributed by atoms with van der Waals surface area (Å²) < 4.78 is 0. The van der Waals surface area contributed by atoms with Crippen molar-refractivity contribution in [3.8, 4) is 0 Å². The van der Waals surface area contributed by atoms with Crippen LogP contribution in [0.25, 0.3) is 0 Å². The van der Waals surface area contributed by atoms with E-state index in [9.17, 15) is 4.79 Å². The van der Waals surface area contributed by atoms with E-state index in [4.69, 9.17) is 23.2 Å². The van der Waals surface area contributed by atoms with Gasteiger partial charge in [-0.25, -0.2) is 0 Å². The first-order valence-corrected chi connectivity index (χ1v) is 10.6. The molecule has 2 heterocycles. The van der Waals surface area contributed by atoms with Crippen LogP contribution < -0.4 is 0 Å². The van der Waals surface area contributed by atoms with Crippen molar-refractivity contribution in [3.05, 3.63) is 33.8 Å². The molecular formula is C18H24Cl2N2OS. The van der Waals surface area contributed by atoms with Crippen molar-refractivity contribution in [1.29, 1.82) is 0 Å². The number of nitrogens with zero attached hydrogens (tertiary/aromatic N) is 2. The minimum absolute atomic E-state index is 0.0428. The molecule has 1 aromatic carbocycles. The highest BCUT2D eigenvalue weighted by Crippen LogP contribution is 2.26. The Balaban J connectivity index is 1.76. The Bertz CT molecular complexity index is 578. The first-order valence-electron chi connectivity index (χ1n) is 8.71. The maximum absolute atomic E-state index is 13.1. The van der Waals surface area contributed by atoms with Crippen molar-refractivity contribution >= 4 is 40.9 Å². The van der Waals surface area contributed by atoms with E-state index < -0.39 is 0 Å². The summed E-state index contributed by atoms with van der Waals surface area (Å²) in [6.45, 7) is 4.10. The number of amides is 1. The lowest BCUT2D eigenvalue weighted by Crippen LogP contribution is -2.49. The van der Waals surface area contributed by atoms with E-state index >= 15 is 0 Å². The average molecular weight is 387 g/mol. The van der Waals surface area contributed by atoms with Crippen LogP contribution in [0.4, 0.5) is 0 Å². The zero-order chi connectivity index (χ0) is 16.9. The van der Waals surface area contributed by atoms with Gasteiger partial charge in [0.25, 0.3) is 5.91 Å². The zero-order valence-corrected chi connectivity index (χ0v) is 16.2. The van der Waals surface area contributed by atoms with Crippen LogP contribution in [-0.2, 0) is 0 Å². The summed E-state index contributed by atoms with van der Waals surface area (Å²) in [4.78, 5) is 17.7. The third-order valence-corrected chi connectivity index (χ3v) is 6.52. The highest BCUT2D eigenvalue weighted by atomic mass is 35.5. The fourth-order valence-electron chi connectivity index (χ4n) is 3.51. The Morgan fingerprint density at radius 3 is 2.67 bits per heavy atom. The molecule has 1 aromatic rings. The van der Waals surface area contributed by atoms with Crippen LogP contribution >= 0.6 is 35.0 Å². The van der Waals surface area contributed by atoms with Gasteiger partial charge in [0.2, 0.25) is 0 Å². The molecule has 0 saturated carbocycles. The van der Waals surface area contributed by atoms with E-state index in [-0.39, 0.29) is 11.9 Å². The van der Waals surface area contributed by atoms with Crippen LogP contribution in [0, 0.1) is 0 Å². The lowest BCUT2D eigenvalue weighted by atomic mass is 10.1. The third-order valence-electron chi connectivity index (χ3n) is 4.78. The number of likely N-dealkylation sites (tertiary alicyclic amines) is 1. The molecule has 0 spiro atoms. The topological polar surface area (TPSA) is 23.6 Å². The number of hydrogen-bond acceptors (Lipinski definition) is 3. The molecule has 1 amide bonds. The number of halogens is 2. The number of rotatable bonds is 3. The molecule has 2 saturated heterocycles. The van der Waals surface area contributed by atoms with Crippen LogP contribution in [0.2, 0.25) is 10.0 Å². The van der Waals surface area contributed by atoms with Gasteiger partial charge in [-0.3, -0.25) is 4.79 Å². The monoisotopic (exact) mass is 386 g/mol. The number of thioether (sulfide) groups is 1. The van der Waals surface area contributed by atoms with Gasteiger partial charge < -0.3 is 9.80 Å². The van der Waals surface area contributed by atoms with Crippen molar-refractivity contribution in [2.24, 2.45) is 0 Å². The molecule has 1 atom stereocenters. The van der Waals surface area contributed by atoms with E-state index in [1.165, 1.54) is 19.3 Å². The SMILES string of the molecule is O=C(c1ccc(Cl)cc1Cl)N1CCCSCC1CN1CCCCC1. The average Bonchev–Trinajstić information content (AvgIpc) is 2.81. The van der Waals surface area contributed by atoms with Gasteiger partial charge in [0.1, 0.15) is 0 Å². The molecule has 3 rings (SSSR count). The maximum atomic E-state index is 13.1. The summed E-state index contributed by atoms with van der Waals surface area (Å²) in [5, 5.41) is 1.01. The van der Waals surface area contributed by atoms with Crippen LogP contribution in [0.1, 0.15) is 36.0 Å². The predicted octanol–water partition coefficient (Wildman–Crippen LogP) is 4.43. The second-order valence-electron chi connectivity index (χ2n) is 6.57. The molecule has 6 heteroatoms. The first-order chi connectivity index (χ1) is 11.6. The van der Waals surface area contributed by atoms with Gasteiger partial charge in [-0.15, -0.1) is 0 Å². The van der Waals surface area contributed by atoms with E-state index in [0.29, 0.717) is 15.6 Å². The summed E-state index contributed by atoms with van der Waals surface area (Å²) in [5.74, 6) is 2.17. The molecule has 24 heavy (non-hydrogen) atoms. The zero-order valence-electron chi connectivity index (χ0n) is 13.8. The van der Waals surface area contributed by atoms with Gasteiger partial charge in [0.05, 0.1) is 16.6 Å². The molecule has 0 bridgehead atoms. The summed E-state index contributed by atoms with van der Waals surface area (Å²) in [7, 11) is 0. The van der Waals surface area contributed by atoms with Crippen LogP contribution in [-0.4, -0.2) is 59.4 Å². The Morgan fingerprint density at radius 1 is 1.12 bits per heavy atom. The Hall–Kier alpha value is -0.420. The Morgan fingerprint density at radius 2 is 1.92 bits per heavy atom. The minimum Gasteiger partial charge on any atom is -0.333 e. The first kappa shape index (κ1) is 18.4. The molecule has 2 aliphatic heterocycles. The summed E-state index contributed by atoms with van der Waals surface area (Å²) in [5.41, 5.74) is 0.566. The summed E-state index contributed by atoms with van der Waals surface area (Å²) in [6.07, 6.45) is 4.92. The quantitative estimate of drug-likeness (QED) is 0.767. The van der Waals surface area contributed by atoms with E-state index in [0.717, 1.165) is 44.1 Å². The van der Waals surface area contributed by atoms with Crippen LogP contribution in [0.5, 0.6) is 0 Å². The predicted molar refractivity (Wildman–Crippen MR) is 104 cm³/mol. The fraction of sp³-hybridized carbons (Fsp3) is 0.611. The molecule has 0 radical (unpaired) electrons. The molecule has 2 aliphatic rings. The van der Waals surface area contributed by atoms with E-state index in [1.807, 2.05) is 16.7 Å². The number of carbonyl (C=O) groups is 1. The van der Waals surface area contributed by atoms with Crippen LogP contribution in [0.15, 0.2) is 18.2 Å². The van der Waals surface area contributed by atoms with Crippen molar-refractivity contribution in [2.75, 3.05) is 37.7 Å². The lowest BCUT2D eigenvalue weighted by molar-refractivity contribution is 0.0646. The van der Waals surface area contributed by atoms with Crippen molar-refractivity contribution in [1.82, 2.24) is 9.80 Å². The highest BCUT2D eigenvalue weighted by molar-refractivity contribution is 7.99. The number of carbonyl (C=O) groups excluding carboxylic acids is 1. The molecule has 0 N–H and O–H groups in total. The van der Waals surface area contributed by atoms with Gasteiger partial charge in [0, 0.05) is 23.9 Å². The molecule has 0 aromatic heterocycles. The third kappa shape index (κ3) is 4.60. The van der Waals surface area contributed by atoms with Crippen molar-refractivity contribution in [3.63, 3.8) is 0 Å². The molecule has 3 nitrogen and oxygen atoms in total. The fourth-order valence-corrected chi connectivity index (χ4v) is 5.05. The van der Waals surface area contributed by atoms with Crippen molar-refractivity contribution in [2.45, 2.75) is 31.7 Å². The lowest BCUT2D eigenvalue weighted by Gasteiger charge is -2.36. The second-order valence-corrected chi connectivity index (χ2v) is 8.56. The molecule has 1 unspecified atom stereocenters. The smallest absolute Gasteiger partial charge is 0.255 e. The normalized spacial score (nSPS) is 23.1. The molecular weight excluding hydrogens is 363 g/mol. The maximum Gasteiger partial charge on any atom is 0.255 e. The molecule has 0 aliphatic carbocycles. The second kappa shape index (κ2) is 8.79. The minimum atomic E-state index is 0.0428. The van der Waals surface area contributed by atoms with E-state index in [2.05, 4.69) is 4.90 Å². The Labute approximate surface area is 158 Å². The standard InChI is InChI=1S/C18H24Cl2N2OS/c19-14-5-6-16(17(20)11-14)18(23)22-9-4-10-24-13-15(22)12-21-7-2-1-3-8-21/h5-6,11,15H,1-4,7-10,12-13H2. The van der Waals surface area contributed by atoms with Crippen molar-refractivity contribution < 1.29 is 4.79 Å². The van der Waals surface area contributed by atoms with E-state index in [1.54, 1.807) is 18.2 Å². The molecule has 132 valence electrons. The number of piperidine rings is 1. The van der Waals surface area contributed by atoms with Gasteiger partial charge in [0.15, 0.2) is 0 Å². The molecule has 2 fully saturated rings. The van der Waals surface area contributed by atoms with Gasteiger partial charge in [-0.1, -0.05) is 29.6 Å². The number of hydrogen-bond donors (Lipinski definition) is 0. The van der Waals surface area contributed by atoms with Gasteiger partial charge >= 0.3 is 0 Å². The largest absolute Gasteiger partial charge is 0.333 e.